The summed E-state index contributed by atoms with van der Waals surface area (Å²) in [6, 6.07) is 10.6. The Balaban J connectivity index is 2.22. The predicted octanol–water partition coefficient (Wildman–Crippen LogP) is 4.83. The molecule has 24 heavy (non-hydrogen) atoms. The van der Waals surface area contributed by atoms with Crippen molar-refractivity contribution in [3.8, 4) is 11.1 Å². The molecule has 2 aromatic carbocycles. The van der Waals surface area contributed by atoms with Crippen molar-refractivity contribution in [1.82, 2.24) is 0 Å². The highest BCUT2D eigenvalue weighted by Crippen LogP contribution is 2.41. The van der Waals surface area contributed by atoms with Gasteiger partial charge in [-0.2, -0.15) is 0 Å². The molecule has 3 rings (SSSR count). The zero-order valence-electron chi connectivity index (χ0n) is 13.1. The number of halogens is 1. The number of carbonyl (C=O) groups is 1. The van der Waals surface area contributed by atoms with Gasteiger partial charge in [-0.1, -0.05) is 28.1 Å². The minimum Gasteiger partial charge on any atom is -0.366 e. The van der Waals surface area contributed by atoms with Gasteiger partial charge in [0.2, 0.25) is 0 Å². The van der Waals surface area contributed by atoms with Crippen LogP contribution < -0.4 is 4.90 Å². The molecule has 1 aliphatic rings. The number of rotatable bonds is 4. The van der Waals surface area contributed by atoms with Crippen LogP contribution in [-0.2, 0) is 0 Å². The number of carbonyl (C=O) groups excluding carboxylic acids is 1. The van der Waals surface area contributed by atoms with Crippen LogP contribution in [0.2, 0.25) is 0 Å². The number of benzene rings is 2. The highest BCUT2D eigenvalue weighted by atomic mass is 79.9. The van der Waals surface area contributed by atoms with E-state index in [4.69, 9.17) is 0 Å². The average Bonchev–Trinajstić information content (AvgIpc) is 2.62. The fourth-order valence-corrected chi connectivity index (χ4v) is 3.45. The van der Waals surface area contributed by atoms with Gasteiger partial charge in [-0.25, -0.2) is 0 Å². The molecule has 1 fully saturated rings. The van der Waals surface area contributed by atoms with Crippen molar-refractivity contribution in [2.24, 2.45) is 0 Å². The molecule has 2 aromatic rings. The molecule has 6 heteroatoms. The summed E-state index contributed by atoms with van der Waals surface area (Å²) in [6.45, 7) is 1.61. The van der Waals surface area contributed by atoms with E-state index in [9.17, 15) is 14.9 Å². The van der Waals surface area contributed by atoms with E-state index in [1.807, 2.05) is 12.1 Å². The Morgan fingerprint density at radius 2 is 1.71 bits per heavy atom. The molecule has 0 atom stereocenters. The van der Waals surface area contributed by atoms with Gasteiger partial charge in [0.1, 0.15) is 5.69 Å². The quantitative estimate of drug-likeness (QED) is 0.427. The lowest BCUT2D eigenvalue weighted by Gasteiger charge is -2.29. The number of nitro benzene ring substituents is 1. The molecule has 0 spiro atoms. The van der Waals surface area contributed by atoms with E-state index >= 15 is 0 Å². The highest BCUT2D eigenvalue weighted by molar-refractivity contribution is 9.10. The predicted molar refractivity (Wildman–Crippen MR) is 97.7 cm³/mol. The van der Waals surface area contributed by atoms with Gasteiger partial charge < -0.3 is 4.90 Å². The minimum atomic E-state index is -0.367. The number of anilines is 1. The first-order valence-electron chi connectivity index (χ1n) is 7.89. The summed E-state index contributed by atoms with van der Waals surface area (Å²) in [5.41, 5.74) is 2.02. The van der Waals surface area contributed by atoms with Gasteiger partial charge in [-0.15, -0.1) is 0 Å². The SMILES string of the molecule is O=Cc1ccc(N2CCCCC2)c([N+](=O)[O-])c1-c1ccc(Br)cc1. The largest absolute Gasteiger partial charge is 0.366 e. The Morgan fingerprint density at radius 1 is 1.04 bits per heavy atom. The molecule has 1 heterocycles. The van der Waals surface area contributed by atoms with Crippen LogP contribution >= 0.6 is 15.9 Å². The maximum absolute atomic E-state index is 11.8. The zero-order valence-corrected chi connectivity index (χ0v) is 14.7. The Bertz CT molecular complexity index is 769. The molecule has 5 nitrogen and oxygen atoms in total. The maximum atomic E-state index is 11.8. The smallest absolute Gasteiger partial charge is 0.301 e. The van der Waals surface area contributed by atoms with Crippen molar-refractivity contribution in [2.75, 3.05) is 18.0 Å². The number of nitro groups is 1. The minimum absolute atomic E-state index is 0.0174. The normalized spacial score (nSPS) is 14.5. The number of nitrogens with zero attached hydrogens (tertiary/aromatic N) is 2. The van der Waals surface area contributed by atoms with Crippen molar-refractivity contribution in [2.45, 2.75) is 19.3 Å². The molecule has 0 aromatic heterocycles. The topological polar surface area (TPSA) is 63.5 Å². The van der Waals surface area contributed by atoms with E-state index in [1.165, 1.54) is 0 Å². The summed E-state index contributed by atoms with van der Waals surface area (Å²) >= 11 is 3.37. The second kappa shape index (κ2) is 7.13. The Kier molecular flexibility index (Phi) is 4.94. The van der Waals surface area contributed by atoms with Gasteiger partial charge in [-0.05, 0) is 49.1 Å². The van der Waals surface area contributed by atoms with E-state index in [0.29, 0.717) is 28.7 Å². The molecular weight excluding hydrogens is 372 g/mol. The van der Waals surface area contributed by atoms with Gasteiger partial charge in [0.05, 0.1) is 10.5 Å². The van der Waals surface area contributed by atoms with Crippen LogP contribution in [0.25, 0.3) is 11.1 Å². The van der Waals surface area contributed by atoms with E-state index in [0.717, 1.165) is 36.8 Å². The summed E-state index contributed by atoms with van der Waals surface area (Å²) in [4.78, 5) is 25.0. The summed E-state index contributed by atoms with van der Waals surface area (Å²) in [6.07, 6.45) is 3.89. The fraction of sp³-hybridized carbons (Fsp3) is 0.278. The van der Waals surface area contributed by atoms with Crippen LogP contribution in [0.15, 0.2) is 40.9 Å². The van der Waals surface area contributed by atoms with Crippen molar-refractivity contribution < 1.29 is 9.72 Å². The zero-order chi connectivity index (χ0) is 17.1. The first-order chi connectivity index (χ1) is 11.6. The second-order valence-corrected chi connectivity index (χ2v) is 6.74. The number of aldehydes is 1. The van der Waals surface area contributed by atoms with Crippen LogP contribution in [0.1, 0.15) is 29.6 Å². The lowest BCUT2D eigenvalue weighted by atomic mass is 9.96. The third-order valence-electron chi connectivity index (χ3n) is 4.33. The van der Waals surface area contributed by atoms with Crippen molar-refractivity contribution in [3.05, 3.63) is 56.5 Å². The molecule has 0 unspecified atom stereocenters. The van der Waals surface area contributed by atoms with E-state index in [-0.39, 0.29) is 10.6 Å². The Hall–Kier alpha value is -2.21. The molecule has 124 valence electrons. The van der Waals surface area contributed by atoms with Gasteiger partial charge in [0.25, 0.3) is 0 Å². The number of hydrogen-bond acceptors (Lipinski definition) is 4. The van der Waals surface area contributed by atoms with Crippen LogP contribution in [-0.4, -0.2) is 24.3 Å². The lowest BCUT2D eigenvalue weighted by molar-refractivity contribution is -0.383. The molecule has 0 aliphatic carbocycles. The molecule has 0 saturated carbocycles. The van der Waals surface area contributed by atoms with E-state index in [2.05, 4.69) is 20.8 Å². The van der Waals surface area contributed by atoms with Gasteiger partial charge in [-0.3, -0.25) is 14.9 Å². The van der Waals surface area contributed by atoms with E-state index < -0.39 is 0 Å². The van der Waals surface area contributed by atoms with Gasteiger partial charge in [0.15, 0.2) is 6.29 Å². The summed E-state index contributed by atoms with van der Waals surface area (Å²) in [5.74, 6) is 0. The summed E-state index contributed by atoms with van der Waals surface area (Å²) in [5, 5.41) is 11.8. The van der Waals surface area contributed by atoms with Gasteiger partial charge in [0, 0.05) is 23.1 Å². The van der Waals surface area contributed by atoms with Crippen LogP contribution in [0, 0.1) is 10.1 Å². The van der Waals surface area contributed by atoms with Crippen molar-refractivity contribution >= 4 is 33.6 Å². The molecule has 0 bridgehead atoms. The first-order valence-corrected chi connectivity index (χ1v) is 8.68. The van der Waals surface area contributed by atoms with Crippen LogP contribution in [0.4, 0.5) is 11.4 Å². The fourth-order valence-electron chi connectivity index (χ4n) is 3.19. The average molecular weight is 389 g/mol. The third kappa shape index (κ3) is 3.19. The Morgan fingerprint density at radius 3 is 2.29 bits per heavy atom. The van der Waals surface area contributed by atoms with Crippen LogP contribution in [0.5, 0.6) is 0 Å². The van der Waals surface area contributed by atoms with Gasteiger partial charge >= 0.3 is 5.69 Å². The highest BCUT2D eigenvalue weighted by Gasteiger charge is 2.28. The molecular formula is C18H17BrN2O3. The second-order valence-electron chi connectivity index (χ2n) is 5.83. The standard InChI is InChI=1S/C18H17BrN2O3/c19-15-7-4-13(5-8-15)17-14(12-22)6-9-16(18(17)21(23)24)20-10-2-1-3-11-20/h4-9,12H,1-3,10-11H2. The molecule has 1 aliphatic heterocycles. The van der Waals surface area contributed by atoms with Crippen molar-refractivity contribution in [3.63, 3.8) is 0 Å². The lowest BCUT2D eigenvalue weighted by Crippen LogP contribution is -2.30. The first kappa shape index (κ1) is 16.6. The number of hydrogen-bond donors (Lipinski definition) is 0. The maximum Gasteiger partial charge on any atom is 0.301 e. The van der Waals surface area contributed by atoms with Crippen molar-refractivity contribution in [1.29, 1.82) is 0 Å². The molecule has 0 radical (unpaired) electrons. The summed E-state index contributed by atoms with van der Waals surface area (Å²) in [7, 11) is 0. The molecule has 0 amide bonds. The Labute approximate surface area is 148 Å². The molecule has 0 N–H and O–H groups in total. The third-order valence-corrected chi connectivity index (χ3v) is 4.86. The van der Waals surface area contributed by atoms with Crippen LogP contribution in [0.3, 0.4) is 0 Å². The summed E-state index contributed by atoms with van der Waals surface area (Å²) < 4.78 is 0.883. The molecule has 1 saturated heterocycles. The van der Waals surface area contributed by atoms with E-state index in [1.54, 1.807) is 24.3 Å². The number of piperidine rings is 1. The monoisotopic (exact) mass is 388 g/mol.